The predicted octanol–water partition coefficient (Wildman–Crippen LogP) is -0.895. The van der Waals surface area contributed by atoms with Crippen LogP contribution in [0.5, 0.6) is 0 Å². The molecule has 0 amide bonds. The van der Waals surface area contributed by atoms with Gasteiger partial charge in [0.1, 0.15) is 11.9 Å². The van der Waals surface area contributed by atoms with Gasteiger partial charge in [-0.05, 0) is 5.73 Å². The molecule has 0 aromatic carbocycles. The molecule has 0 aromatic heterocycles. The lowest BCUT2D eigenvalue weighted by Crippen LogP contribution is -2.65. The molecule has 0 aromatic rings. The van der Waals surface area contributed by atoms with E-state index in [1.165, 1.54) is 0 Å². The first-order valence-electron chi connectivity index (χ1n) is 2.72. The van der Waals surface area contributed by atoms with Crippen molar-refractivity contribution in [1.29, 1.82) is 0 Å². The number of allylic oxidation sites excluding steroid dienone is 1. The second-order valence-corrected chi connectivity index (χ2v) is 1.58. The van der Waals surface area contributed by atoms with Crippen LogP contribution in [-0.4, -0.2) is 6.34 Å². The van der Waals surface area contributed by atoms with Crippen molar-refractivity contribution in [3.05, 3.63) is 17.6 Å². The summed E-state index contributed by atoms with van der Waals surface area (Å²) in [6.07, 6.45) is 4.58. The highest BCUT2D eigenvalue weighted by molar-refractivity contribution is 5.51. The van der Waals surface area contributed by atoms with Crippen LogP contribution in [0.25, 0.3) is 0 Å². The maximum atomic E-state index is 3.01. The van der Waals surface area contributed by atoms with Gasteiger partial charge in [-0.25, -0.2) is 10.3 Å². The fraction of sp³-hybridized carbons (Fsp3) is 0.333. The van der Waals surface area contributed by atoms with Gasteiger partial charge in [-0.3, -0.25) is 0 Å². The molecule has 0 unspecified atom stereocenters. The molecule has 1 heterocycles. The van der Waals surface area contributed by atoms with Gasteiger partial charge in [-0.1, -0.05) is 6.92 Å². The van der Waals surface area contributed by atoms with Crippen LogP contribution < -0.4 is 10.3 Å². The van der Waals surface area contributed by atoms with Crippen molar-refractivity contribution in [3.63, 3.8) is 0 Å². The molecular formula is C6H9N2+. The van der Waals surface area contributed by atoms with E-state index in [0.29, 0.717) is 0 Å². The van der Waals surface area contributed by atoms with Crippen LogP contribution in [0.1, 0.15) is 13.3 Å². The standard InChI is InChI=1S/C6H8N2/c1-2-6-3-4-7-5-8-6/h4-5H,2H2,1H3,(H,7,8)/p+1. The quantitative estimate of drug-likeness (QED) is 0.419. The van der Waals surface area contributed by atoms with Crippen molar-refractivity contribution in [1.82, 2.24) is 5.32 Å². The van der Waals surface area contributed by atoms with Crippen molar-refractivity contribution >= 4 is 6.34 Å². The van der Waals surface area contributed by atoms with Crippen LogP contribution in [0.4, 0.5) is 0 Å². The summed E-state index contributed by atoms with van der Waals surface area (Å²) in [5.41, 5.74) is 4.14. The van der Waals surface area contributed by atoms with Gasteiger partial charge in [0.05, 0.1) is 0 Å². The second-order valence-electron chi connectivity index (χ2n) is 1.58. The SMILES string of the molecule is CCC1=C=C[NH+]=CN1. The first kappa shape index (κ1) is 5.13. The molecule has 2 N–H and O–H groups in total. The second kappa shape index (κ2) is 2.34. The van der Waals surface area contributed by atoms with Gasteiger partial charge in [-0.2, -0.15) is 0 Å². The highest BCUT2D eigenvalue weighted by Gasteiger charge is 1.94. The number of rotatable bonds is 1. The number of hydrogen-bond acceptors (Lipinski definition) is 1. The molecule has 0 bridgehead atoms. The van der Waals surface area contributed by atoms with E-state index in [4.69, 9.17) is 0 Å². The molecule has 0 saturated carbocycles. The van der Waals surface area contributed by atoms with E-state index in [1.54, 1.807) is 12.5 Å². The average molecular weight is 109 g/mol. The third-order valence-electron chi connectivity index (χ3n) is 1.01. The molecule has 0 fully saturated rings. The molecule has 2 nitrogen and oxygen atoms in total. The van der Waals surface area contributed by atoms with Crippen LogP contribution in [0.15, 0.2) is 17.6 Å². The zero-order valence-corrected chi connectivity index (χ0v) is 4.86. The molecule has 2 heteroatoms. The third kappa shape index (κ3) is 0.983. The minimum atomic E-state index is 1.01. The first-order chi connectivity index (χ1) is 3.93. The Labute approximate surface area is 48.6 Å². The zero-order valence-electron chi connectivity index (χ0n) is 4.86. The molecule has 1 rings (SSSR count). The molecule has 0 spiro atoms. The summed E-state index contributed by atoms with van der Waals surface area (Å²) < 4.78 is 0. The fourth-order valence-corrected chi connectivity index (χ4v) is 0.545. The van der Waals surface area contributed by atoms with Gasteiger partial charge in [-0.15, -0.1) is 0 Å². The number of hydrogen-bond donors (Lipinski definition) is 2. The predicted molar refractivity (Wildman–Crippen MR) is 32.0 cm³/mol. The molecule has 1 aliphatic heterocycles. The molecular weight excluding hydrogens is 100 g/mol. The lowest BCUT2D eigenvalue weighted by Gasteiger charge is -1.92. The highest BCUT2D eigenvalue weighted by Crippen LogP contribution is 1.88. The van der Waals surface area contributed by atoms with Crippen molar-refractivity contribution in [2.24, 2.45) is 0 Å². The monoisotopic (exact) mass is 109 g/mol. The summed E-state index contributed by atoms with van der Waals surface area (Å²) in [5.74, 6) is 0. The molecule has 0 aliphatic carbocycles. The summed E-state index contributed by atoms with van der Waals surface area (Å²) in [6.45, 7) is 2.09. The molecule has 8 heavy (non-hydrogen) atoms. The van der Waals surface area contributed by atoms with Crippen molar-refractivity contribution in [2.45, 2.75) is 13.3 Å². The minimum Gasteiger partial charge on any atom is -0.247 e. The Morgan fingerprint density at radius 1 is 1.88 bits per heavy atom. The lowest BCUT2D eigenvalue weighted by molar-refractivity contribution is -0.369. The van der Waals surface area contributed by atoms with E-state index in [-0.39, 0.29) is 0 Å². The minimum absolute atomic E-state index is 1.01. The Bertz CT molecular complexity index is 161. The Hall–Kier alpha value is -1.01. The Kier molecular flexibility index (Phi) is 1.50. The normalized spacial score (nSPS) is 15.4. The average Bonchev–Trinajstić information content (AvgIpc) is 1.90. The van der Waals surface area contributed by atoms with Crippen LogP contribution in [0.3, 0.4) is 0 Å². The van der Waals surface area contributed by atoms with E-state index in [1.807, 2.05) is 0 Å². The van der Waals surface area contributed by atoms with Gasteiger partial charge in [0, 0.05) is 6.42 Å². The molecule has 0 saturated heterocycles. The summed E-state index contributed by atoms with van der Waals surface area (Å²) >= 11 is 0. The molecule has 0 atom stereocenters. The van der Waals surface area contributed by atoms with Gasteiger partial charge >= 0.3 is 0 Å². The summed E-state index contributed by atoms with van der Waals surface area (Å²) in [7, 11) is 0. The van der Waals surface area contributed by atoms with E-state index in [9.17, 15) is 0 Å². The van der Waals surface area contributed by atoms with Gasteiger partial charge in [0.25, 0.3) is 0 Å². The molecule has 1 aliphatic rings. The fourth-order valence-electron chi connectivity index (χ4n) is 0.545. The van der Waals surface area contributed by atoms with E-state index < -0.39 is 0 Å². The summed E-state index contributed by atoms with van der Waals surface area (Å²) in [5, 5.41) is 3.01. The summed E-state index contributed by atoms with van der Waals surface area (Å²) in [4.78, 5) is 2.86. The van der Waals surface area contributed by atoms with Gasteiger partial charge < -0.3 is 0 Å². The van der Waals surface area contributed by atoms with Crippen LogP contribution in [-0.2, 0) is 0 Å². The highest BCUT2D eigenvalue weighted by atomic mass is 14.9. The van der Waals surface area contributed by atoms with Gasteiger partial charge in [0.2, 0.25) is 6.34 Å². The Morgan fingerprint density at radius 3 is 3.12 bits per heavy atom. The van der Waals surface area contributed by atoms with Crippen molar-refractivity contribution in [3.8, 4) is 0 Å². The largest absolute Gasteiger partial charge is 0.247 e. The number of nitrogens with one attached hydrogen (secondary N) is 2. The topological polar surface area (TPSA) is 26.0 Å². The maximum Gasteiger partial charge on any atom is 0.240 e. The van der Waals surface area contributed by atoms with Crippen LogP contribution in [0.2, 0.25) is 0 Å². The Balaban J connectivity index is 2.69. The first-order valence-corrected chi connectivity index (χ1v) is 2.72. The zero-order chi connectivity index (χ0) is 5.82. The molecule has 42 valence electrons. The summed E-state index contributed by atoms with van der Waals surface area (Å²) in [6, 6.07) is 0. The van der Waals surface area contributed by atoms with Crippen molar-refractivity contribution < 1.29 is 4.99 Å². The maximum absolute atomic E-state index is 3.01. The smallest absolute Gasteiger partial charge is 0.240 e. The van der Waals surface area contributed by atoms with Crippen LogP contribution in [0, 0.1) is 0 Å². The van der Waals surface area contributed by atoms with E-state index in [2.05, 4.69) is 23.0 Å². The van der Waals surface area contributed by atoms with Gasteiger partial charge in [0.15, 0.2) is 0 Å². The van der Waals surface area contributed by atoms with E-state index >= 15 is 0 Å². The van der Waals surface area contributed by atoms with Crippen molar-refractivity contribution in [2.75, 3.05) is 0 Å². The lowest BCUT2D eigenvalue weighted by atomic mass is 10.3. The Morgan fingerprint density at radius 2 is 2.75 bits per heavy atom. The molecule has 0 radical (unpaired) electrons. The van der Waals surface area contributed by atoms with E-state index in [0.717, 1.165) is 12.1 Å². The van der Waals surface area contributed by atoms with Crippen LogP contribution >= 0.6 is 0 Å². The third-order valence-corrected chi connectivity index (χ3v) is 1.01.